The van der Waals surface area contributed by atoms with E-state index >= 15 is 0 Å². The zero-order valence-electron chi connectivity index (χ0n) is 10.7. The highest BCUT2D eigenvalue weighted by atomic mass is 16.1. The molecule has 0 saturated heterocycles. The fourth-order valence-corrected chi connectivity index (χ4v) is 1.38. The minimum Gasteiger partial charge on any atom is -0.352 e. The first-order valence-electron chi connectivity index (χ1n) is 6.06. The second-order valence-corrected chi connectivity index (χ2v) is 4.29. The van der Waals surface area contributed by atoms with Gasteiger partial charge in [-0.25, -0.2) is 0 Å². The zero-order chi connectivity index (χ0) is 12.4. The molecule has 0 heterocycles. The van der Waals surface area contributed by atoms with E-state index in [4.69, 9.17) is 6.42 Å². The van der Waals surface area contributed by atoms with Gasteiger partial charge in [-0.1, -0.05) is 20.8 Å². The highest BCUT2D eigenvalue weighted by Crippen LogP contribution is 1.98. The van der Waals surface area contributed by atoms with Crippen molar-refractivity contribution in [2.24, 2.45) is 0 Å². The number of carbonyl (C=O) groups excluding carboxylic acids is 1. The monoisotopic (exact) mass is 224 g/mol. The predicted octanol–water partition coefficient (Wildman–Crippen LogP) is 1.68. The number of carbonyl (C=O) groups is 1. The molecule has 0 radical (unpaired) electrons. The second-order valence-electron chi connectivity index (χ2n) is 4.29. The largest absolute Gasteiger partial charge is 0.352 e. The fraction of sp³-hybridized carbons (Fsp3) is 0.769. The summed E-state index contributed by atoms with van der Waals surface area (Å²) in [5.74, 6) is 2.68. The minimum atomic E-state index is 0.104. The maximum absolute atomic E-state index is 11.5. The minimum absolute atomic E-state index is 0.104. The van der Waals surface area contributed by atoms with Crippen LogP contribution in [0.2, 0.25) is 0 Å². The van der Waals surface area contributed by atoms with E-state index in [0.29, 0.717) is 18.9 Å². The van der Waals surface area contributed by atoms with E-state index in [1.807, 2.05) is 6.92 Å². The Kier molecular flexibility index (Phi) is 8.65. The van der Waals surface area contributed by atoms with Crippen LogP contribution in [0.3, 0.4) is 0 Å². The Bertz CT molecular complexity index is 231. The average Bonchev–Trinajstić information content (AvgIpc) is 2.23. The van der Waals surface area contributed by atoms with Crippen molar-refractivity contribution in [1.82, 2.24) is 10.6 Å². The maximum Gasteiger partial charge on any atom is 0.220 e. The van der Waals surface area contributed by atoms with E-state index in [9.17, 15) is 4.79 Å². The van der Waals surface area contributed by atoms with Crippen molar-refractivity contribution < 1.29 is 4.79 Å². The van der Waals surface area contributed by atoms with Crippen LogP contribution < -0.4 is 10.6 Å². The Hall–Kier alpha value is -1.01. The van der Waals surface area contributed by atoms with Gasteiger partial charge >= 0.3 is 0 Å². The molecular formula is C13H24N2O. The number of rotatable bonds is 8. The summed E-state index contributed by atoms with van der Waals surface area (Å²) in [7, 11) is 0. The normalized spacial score (nSPS) is 12.2. The van der Waals surface area contributed by atoms with Crippen LogP contribution in [0.1, 0.15) is 46.5 Å². The predicted molar refractivity (Wildman–Crippen MR) is 68.0 cm³/mol. The van der Waals surface area contributed by atoms with Gasteiger partial charge in [0.25, 0.3) is 0 Å². The first-order valence-corrected chi connectivity index (χ1v) is 6.06. The molecule has 0 aliphatic heterocycles. The van der Waals surface area contributed by atoms with Gasteiger partial charge in [0, 0.05) is 24.9 Å². The van der Waals surface area contributed by atoms with E-state index in [1.165, 1.54) is 0 Å². The van der Waals surface area contributed by atoms with E-state index in [0.717, 1.165) is 19.4 Å². The zero-order valence-corrected chi connectivity index (χ0v) is 10.7. The summed E-state index contributed by atoms with van der Waals surface area (Å²) in [5, 5.41) is 6.23. The molecule has 92 valence electrons. The third-order valence-electron chi connectivity index (χ3n) is 2.36. The summed E-state index contributed by atoms with van der Waals surface area (Å²) in [6.07, 6.45) is 8.17. The van der Waals surface area contributed by atoms with Gasteiger partial charge in [-0.05, 0) is 19.4 Å². The summed E-state index contributed by atoms with van der Waals surface area (Å²) in [5.41, 5.74) is 0. The molecule has 0 rings (SSSR count). The van der Waals surface area contributed by atoms with Gasteiger partial charge in [0.15, 0.2) is 0 Å². The highest BCUT2D eigenvalue weighted by Gasteiger charge is 2.08. The van der Waals surface area contributed by atoms with E-state index in [1.54, 1.807) is 0 Å². The molecule has 0 saturated carbocycles. The van der Waals surface area contributed by atoms with Gasteiger partial charge in [0.1, 0.15) is 0 Å². The molecule has 0 aliphatic rings. The lowest BCUT2D eigenvalue weighted by Gasteiger charge is -2.14. The molecule has 0 spiro atoms. The molecular weight excluding hydrogens is 200 g/mol. The maximum atomic E-state index is 11.5. The highest BCUT2D eigenvalue weighted by molar-refractivity contribution is 5.76. The molecule has 3 nitrogen and oxygen atoms in total. The van der Waals surface area contributed by atoms with Gasteiger partial charge < -0.3 is 10.6 Å². The lowest BCUT2D eigenvalue weighted by atomic mass is 10.1. The van der Waals surface area contributed by atoms with Crippen LogP contribution in [-0.4, -0.2) is 24.5 Å². The number of hydrogen-bond acceptors (Lipinski definition) is 2. The Labute approximate surface area is 99.4 Å². The van der Waals surface area contributed by atoms with Crippen LogP contribution in [0.25, 0.3) is 0 Å². The molecule has 2 N–H and O–H groups in total. The van der Waals surface area contributed by atoms with Crippen molar-refractivity contribution in [3.05, 3.63) is 0 Å². The molecule has 1 unspecified atom stereocenters. The molecule has 0 aromatic heterocycles. The lowest BCUT2D eigenvalue weighted by molar-refractivity contribution is -0.121. The second kappa shape index (κ2) is 9.23. The smallest absolute Gasteiger partial charge is 0.220 e. The summed E-state index contributed by atoms with van der Waals surface area (Å²) in [4.78, 5) is 11.5. The standard InChI is InChI=1S/C13H24N2O/c1-5-8-12(6-2)15-13(16)9-7-10-14-11(3)4/h1,11-12,14H,6-10H2,2-4H3,(H,15,16). The van der Waals surface area contributed by atoms with Crippen LogP contribution in [0, 0.1) is 12.3 Å². The van der Waals surface area contributed by atoms with Crippen LogP contribution in [-0.2, 0) is 4.79 Å². The third-order valence-corrected chi connectivity index (χ3v) is 2.36. The first kappa shape index (κ1) is 15.0. The molecule has 0 aromatic carbocycles. The topological polar surface area (TPSA) is 41.1 Å². The van der Waals surface area contributed by atoms with Crippen molar-refractivity contribution in [2.75, 3.05) is 6.54 Å². The van der Waals surface area contributed by atoms with Crippen LogP contribution in [0.5, 0.6) is 0 Å². The number of nitrogens with one attached hydrogen (secondary N) is 2. The molecule has 0 fully saturated rings. The van der Waals surface area contributed by atoms with Crippen molar-refractivity contribution in [2.45, 2.75) is 58.5 Å². The summed E-state index contributed by atoms with van der Waals surface area (Å²) >= 11 is 0. The molecule has 16 heavy (non-hydrogen) atoms. The van der Waals surface area contributed by atoms with Crippen LogP contribution >= 0.6 is 0 Å². The van der Waals surface area contributed by atoms with Gasteiger partial charge in [-0.2, -0.15) is 0 Å². The summed E-state index contributed by atoms with van der Waals surface area (Å²) in [6.45, 7) is 7.11. The molecule has 3 heteroatoms. The Morgan fingerprint density at radius 2 is 2.12 bits per heavy atom. The third kappa shape index (κ3) is 8.31. The van der Waals surface area contributed by atoms with Gasteiger partial charge in [-0.3, -0.25) is 4.79 Å². The molecule has 0 bridgehead atoms. The Balaban J connectivity index is 3.61. The van der Waals surface area contributed by atoms with Gasteiger partial charge in [-0.15, -0.1) is 12.3 Å². The quantitative estimate of drug-likeness (QED) is 0.486. The van der Waals surface area contributed by atoms with Crippen LogP contribution in [0.15, 0.2) is 0 Å². The Morgan fingerprint density at radius 3 is 2.62 bits per heavy atom. The van der Waals surface area contributed by atoms with E-state index < -0.39 is 0 Å². The summed E-state index contributed by atoms with van der Waals surface area (Å²) < 4.78 is 0. The lowest BCUT2D eigenvalue weighted by Crippen LogP contribution is -2.34. The molecule has 0 aliphatic carbocycles. The van der Waals surface area contributed by atoms with Crippen LogP contribution in [0.4, 0.5) is 0 Å². The van der Waals surface area contributed by atoms with Crippen molar-refractivity contribution in [3.8, 4) is 12.3 Å². The molecule has 0 aromatic rings. The number of terminal acetylenes is 1. The number of hydrogen-bond donors (Lipinski definition) is 2. The van der Waals surface area contributed by atoms with Crippen molar-refractivity contribution >= 4 is 5.91 Å². The van der Waals surface area contributed by atoms with Gasteiger partial charge in [0.2, 0.25) is 5.91 Å². The average molecular weight is 224 g/mol. The van der Waals surface area contributed by atoms with Crippen molar-refractivity contribution in [3.63, 3.8) is 0 Å². The van der Waals surface area contributed by atoms with Crippen molar-refractivity contribution in [1.29, 1.82) is 0 Å². The molecule has 1 amide bonds. The van der Waals surface area contributed by atoms with E-state index in [-0.39, 0.29) is 11.9 Å². The van der Waals surface area contributed by atoms with Gasteiger partial charge in [0.05, 0.1) is 0 Å². The first-order chi connectivity index (χ1) is 7.60. The molecule has 1 atom stereocenters. The Morgan fingerprint density at radius 1 is 1.44 bits per heavy atom. The SMILES string of the molecule is C#CCC(CC)NC(=O)CCCNC(C)C. The van der Waals surface area contributed by atoms with E-state index in [2.05, 4.69) is 30.4 Å². The fourth-order valence-electron chi connectivity index (χ4n) is 1.38. The number of amides is 1. The summed E-state index contributed by atoms with van der Waals surface area (Å²) in [6, 6.07) is 0.614.